The number of hydrogen-bond donors (Lipinski definition) is 0. The first-order chi connectivity index (χ1) is 11.2. The number of ether oxygens (including phenoxy) is 1. The summed E-state index contributed by atoms with van der Waals surface area (Å²) in [6, 6.07) is 9.07. The topological polar surface area (TPSA) is 24.8 Å². The van der Waals surface area contributed by atoms with Crippen molar-refractivity contribution >= 4 is 16.9 Å². The molecule has 3 rings (SSSR count). The second-order valence-electron chi connectivity index (χ2n) is 6.78. The Kier molecular flexibility index (Phi) is 6.01. The van der Waals surface area contributed by atoms with Crippen molar-refractivity contribution in [3.8, 4) is 0 Å². The van der Waals surface area contributed by atoms with E-state index in [-0.39, 0.29) is 0 Å². The Hall–Kier alpha value is -1.00. The average Bonchev–Trinajstić information content (AvgIpc) is 3.09. The van der Waals surface area contributed by atoms with E-state index in [2.05, 4.69) is 43.0 Å². The van der Waals surface area contributed by atoms with E-state index >= 15 is 0 Å². The van der Waals surface area contributed by atoms with Crippen LogP contribution in [0.4, 0.5) is 0 Å². The van der Waals surface area contributed by atoms with Gasteiger partial charge in [-0.05, 0) is 36.3 Å². The van der Waals surface area contributed by atoms with Crippen LogP contribution in [0.25, 0.3) is 0 Å². The second kappa shape index (κ2) is 8.20. The minimum Gasteiger partial charge on any atom is -0.376 e. The maximum absolute atomic E-state index is 5.86. The molecule has 23 heavy (non-hydrogen) atoms. The SMILES string of the molecule is CC(C)c1ccc(CN(CC2CCCO2)C2=NCCCS2)cc1. The number of aliphatic imine (C=N–C) groups is 1. The zero-order chi connectivity index (χ0) is 16.1. The van der Waals surface area contributed by atoms with Gasteiger partial charge in [-0.15, -0.1) is 0 Å². The van der Waals surface area contributed by atoms with Gasteiger partial charge in [-0.1, -0.05) is 49.9 Å². The van der Waals surface area contributed by atoms with E-state index in [0.29, 0.717) is 12.0 Å². The second-order valence-corrected chi connectivity index (χ2v) is 7.84. The van der Waals surface area contributed by atoms with Gasteiger partial charge in [0.25, 0.3) is 0 Å². The molecule has 0 N–H and O–H groups in total. The third-order valence-electron chi connectivity index (χ3n) is 4.52. The van der Waals surface area contributed by atoms with Crippen molar-refractivity contribution in [2.24, 2.45) is 4.99 Å². The summed E-state index contributed by atoms with van der Waals surface area (Å²) < 4.78 is 5.86. The zero-order valence-electron chi connectivity index (χ0n) is 14.3. The van der Waals surface area contributed by atoms with Crippen molar-refractivity contribution in [3.05, 3.63) is 35.4 Å². The molecule has 3 nitrogen and oxygen atoms in total. The van der Waals surface area contributed by atoms with Gasteiger partial charge in [-0.25, -0.2) is 0 Å². The summed E-state index contributed by atoms with van der Waals surface area (Å²) in [4.78, 5) is 7.20. The van der Waals surface area contributed by atoms with Crippen molar-refractivity contribution in [2.45, 2.75) is 51.7 Å². The Morgan fingerprint density at radius 1 is 1.26 bits per heavy atom. The normalized spacial score (nSPS) is 21.5. The number of nitrogens with zero attached hydrogens (tertiary/aromatic N) is 2. The Balaban J connectivity index is 1.70. The summed E-state index contributed by atoms with van der Waals surface area (Å²) in [6.45, 7) is 8.28. The lowest BCUT2D eigenvalue weighted by Crippen LogP contribution is -2.36. The predicted octanol–water partition coefficient (Wildman–Crippen LogP) is 4.28. The highest BCUT2D eigenvalue weighted by molar-refractivity contribution is 8.13. The minimum atomic E-state index is 0.371. The van der Waals surface area contributed by atoms with Crippen LogP contribution in [-0.2, 0) is 11.3 Å². The maximum Gasteiger partial charge on any atom is 0.159 e. The fraction of sp³-hybridized carbons (Fsp3) is 0.632. The van der Waals surface area contributed by atoms with Gasteiger partial charge in [0.1, 0.15) is 0 Å². The van der Waals surface area contributed by atoms with Gasteiger partial charge in [0.05, 0.1) is 6.10 Å². The average molecular weight is 333 g/mol. The molecule has 1 aromatic rings. The summed E-state index contributed by atoms with van der Waals surface area (Å²) >= 11 is 1.90. The molecule has 0 amide bonds. The first-order valence-corrected chi connectivity index (χ1v) is 9.83. The van der Waals surface area contributed by atoms with Crippen molar-refractivity contribution in [2.75, 3.05) is 25.4 Å². The summed E-state index contributed by atoms with van der Waals surface area (Å²) in [5, 5.41) is 1.21. The molecule has 1 fully saturated rings. The summed E-state index contributed by atoms with van der Waals surface area (Å²) in [5.41, 5.74) is 2.77. The van der Waals surface area contributed by atoms with Gasteiger partial charge >= 0.3 is 0 Å². The molecule has 1 unspecified atom stereocenters. The fourth-order valence-electron chi connectivity index (χ4n) is 3.11. The van der Waals surface area contributed by atoms with Crippen molar-refractivity contribution in [1.82, 2.24) is 4.90 Å². The van der Waals surface area contributed by atoms with E-state index in [1.54, 1.807) is 0 Å². The van der Waals surface area contributed by atoms with E-state index in [1.807, 2.05) is 11.8 Å². The van der Waals surface area contributed by atoms with Crippen LogP contribution >= 0.6 is 11.8 Å². The third-order valence-corrected chi connectivity index (χ3v) is 5.66. The van der Waals surface area contributed by atoms with Crippen LogP contribution in [0.5, 0.6) is 0 Å². The predicted molar refractivity (Wildman–Crippen MR) is 99.3 cm³/mol. The molecule has 0 spiro atoms. The summed E-state index contributed by atoms with van der Waals surface area (Å²) in [7, 11) is 0. The minimum absolute atomic E-state index is 0.371. The number of hydrogen-bond acceptors (Lipinski definition) is 4. The fourth-order valence-corrected chi connectivity index (χ4v) is 4.07. The van der Waals surface area contributed by atoms with Crippen molar-refractivity contribution in [1.29, 1.82) is 0 Å². The standard InChI is InChI=1S/C19H28N2OS/c1-15(2)17-8-6-16(7-9-17)13-21(14-18-5-3-11-22-18)19-20-10-4-12-23-19/h6-9,15,18H,3-5,10-14H2,1-2H3. The lowest BCUT2D eigenvalue weighted by atomic mass is 10.0. The zero-order valence-corrected chi connectivity index (χ0v) is 15.1. The van der Waals surface area contributed by atoms with E-state index in [0.717, 1.165) is 26.2 Å². The molecule has 1 aromatic carbocycles. The van der Waals surface area contributed by atoms with Crippen LogP contribution in [0.15, 0.2) is 29.3 Å². The van der Waals surface area contributed by atoms with Crippen LogP contribution < -0.4 is 0 Å². The molecule has 1 saturated heterocycles. The van der Waals surface area contributed by atoms with Gasteiger partial charge in [-0.3, -0.25) is 4.99 Å². The number of amidine groups is 1. The van der Waals surface area contributed by atoms with Gasteiger partial charge in [-0.2, -0.15) is 0 Å². The molecule has 126 valence electrons. The lowest BCUT2D eigenvalue weighted by molar-refractivity contribution is 0.0906. The van der Waals surface area contributed by atoms with Crippen LogP contribution in [-0.4, -0.2) is 41.6 Å². The van der Waals surface area contributed by atoms with E-state index in [1.165, 1.54) is 41.3 Å². The molecule has 0 saturated carbocycles. The van der Waals surface area contributed by atoms with Crippen LogP contribution in [0.3, 0.4) is 0 Å². The van der Waals surface area contributed by atoms with Gasteiger partial charge < -0.3 is 9.64 Å². The van der Waals surface area contributed by atoms with E-state index in [4.69, 9.17) is 9.73 Å². The first-order valence-electron chi connectivity index (χ1n) is 8.85. The molecule has 0 bridgehead atoms. The number of rotatable bonds is 5. The van der Waals surface area contributed by atoms with Gasteiger partial charge in [0, 0.05) is 32.0 Å². The monoisotopic (exact) mass is 332 g/mol. The van der Waals surface area contributed by atoms with Crippen LogP contribution in [0.1, 0.15) is 50.2 Å². The van der Waals surface area contributed by atoms with E-state index in [9.17, 15) is 0 Å². The van der Waals surface area contributed by atoms with E-state index < -0.39 is 0 Å². The Bertz CT molecular complexity index is 521. The third kappa shape index (κ3) is 4.74. The van der Waals surface area contributed by atoms with Gasteiger partial charge in [0.2, 0.25) is 0 Å². The van der Waals surface area contributed by atoms with Gasteiger partial charge in [0.15, 0.2) is 5.17 Å². The van der Waals surface area contributed by atoms with Crippen LogP contribution in [0, 0.1) is 0 Å². The molecule has 2 heterocycles. The molecular weight excluding hydrogens is 304 g/mol. The smallest absolute Gasteiger partial charge is 0.159 e. The quantitative estimate of drug-likeness (QED) is 0.804. The molecular formula is C19H28N2OS. The first kappa shape index (κ1) is 16.8. The highest BCUT2D eigenvalue weighted by atomic mass is 32.2. The maximum atomic E-state index is 5.86. The molecule has 0 aromatic heterocycles. The largest absolute Gasteiger partial charge is 0.376 e. The Morgan fingerprint density at radius 3 is 2.70 bits per heavy atom. The molecule has 2 aliphatic heterocycles. The van der Waals surface area contributed by atoms with Crippen LogP contribution in [0.2, 0.25) is 0 Å². The number of thioether (sulfide) groups is 1. The summed E-state index contributed by atoms with van der Waals surface area (Å²) in [5.74, 6) is 1.78. The lowest BCUT2D eigenvalue weighted by Gasteiger charge is -2.29. The molecule has 2 aliphatic rings. The Labute approximate surface area is 144 Å². The highest BCUT2D eigenvalue weighted by Gasteiger charge is 2.23. The summed E-state index contributed by atoms with van der Waals surface area (Å²) in [6.07, 6.45) is 3.95. The molecule has 0 radical (unpaired) electrons. The molecule has 1 atom stereocenters. The molecule has 4 heteroatoms. The number of benzene rings is 1. The molecule has 0 aliphatic carbocycles. The van der Waals surface area contributed by atoms with Crippen molar-refractivity contribution in [3.63, 3.8) is 0 Å². The van der Waals surface area contributed by atoms with Crippen molar-refractivity contribution < 1.29 is 4.74 Å². The Morgan fingerprint density at radius 2 is 2.09 bits per heavy atom. The highest BCUT2D eigenvalue weighted by Crippen LogP contribution is 2.22.